The van der Waals surface area contributed by atoms with Crippen LogP contribution in [0.3, 0.4) is 0 Å². The standard InChI is InChI=1S/C22H28N2O/c1-16(2)15-23-17(3)14-22(20-12-8-9-13-21(20)23)24(18(4)25)19-10-6-5-7-11-19/h5-13,16-17,22H,14-15H2,1-4H3. The Balaban J connectivity index is 2.05. The maximum atomic E-state index is 12.5. The number of rotatable bonds is 4. The molecule has 2 atom stereocenters. The molecule has 1 aliphatic rings. The van der Waals surface area contributed by atoms with Crippen molar-refractivity contribution in [3.8, 4) is 0 Å². The first-order valence-corrected chi connectivity index (χ1v) is 9.19. The number of hydrogen-bond donors (Lipinski definition) is 0. The van der Waals surface area contributed by atoms with E-state index in [2.05, 4.69) is 49.9 Å². The van der Waals surface area contributed by atoms with Crippen LogP contribution in [0.1, 0.15) is 45.7 Å². The summed E-state index contributed by atoms with van der Waals surface area (Å²) in [4.78, 5) is 17.0. The molecule has 1 heterocycles. The van der Waals surface area contributed by atoms with Crippen LogP contribution in [0.2, 0.25) is 0 Å². The number of anilines is 2. The van der Waals surface area contributed by atoms with E-state index < -0.39 is 0 Å². The van der Waals surface area contributed by atoms with Crippen molar-refractivity contribution in [3.05, 3.63) is 60.2 Å². The molecule has 25 heavy (non-hydrogen) atoms. The number of amides is 1. The zero-order chi connectivity index (χ0) is 18.0. The Morgan fingerprint density at radius 2 is 1.76 bits per heavy atom. The van der Waals surface area contributed by atoms with Gasteiger partial charge in [0.15, 0.2) is 0 Å². The van der Waals surface area contributed by atoms with Gasteiger partial charge in [-0.15, -0.1) is 0 Å². The van der Waals surface area contributed by atoms with Gasteiger partial charge in [0.1, 0.15) is 0 Å². The lowest BCUT2D eigenvalue weighted by Crippen LogP contribution is -2.46. The van der Waals surface area contributed by atoms with Crippen molar-refractivity contribution in [1.29, 1.82) is 0 Å². The second kappa shape index (κ2) is 7.30. The fourth-order valence-electron chi connectivity index (χ4n) is 3.93. The Bertz CT molecular complexity index is 726. The summed E-state index contributed by atoms with van der Waals surface area (Å²) in [5.41, 5.74) is 3.49. The minimum absolute atomic E-state index is 0.0783. The molecule has 1 aliphatic heterocycles. The molecule has 1 amide bonds. The van der Waals surface area contributed by atoms with Crippen LogP contribution in [0, 0.1) is 5.92 Å². The monoisotopic (exact) mass is 336 g/mol. The average molecular weight is 336 g/mol. The first kappa shape index (κ1) is 17.5. The smallest absolute Gasteiger partial charge is 0.224 e. The van der Waals surface area contributed by atoms with Gasteiger partial charge in [0.05, 0.1) is 6.04 Å². The highest BCUT2D eigenvalue weighted by Gasteiger charge is 2.35. The van der Waals surface area contributed by atoms with E-state index >= 15 is 0 Å². The van der Waals surface area contributed by atoms with Gasteiger partial charge in [0.25, 0.3) is 0 Å². The molecule has 3 rings (SSSR count). The summed E-state index contributed by atoms with van der Waals surface area (Å²) >= 11 is 0. The first-order chi connectivity index (χ1) is 12.0. The Labute approximate surface area is 151 Å². The van der Waals surface area contributed by atoms with E-state index in [1.165, 1.54) is 11.3 Å². The summed E-state index contributed by atoms with van der Waals surface area (Å²) in [5, 5.41) is 0. The topological polar surface area (TPSA) is 23.6 Å². The molecule has 0 fully saturated rings. The molecule has 0 aliphatic carbocycles. The number of hydrogen-bond acceptors (Lipinski definition) is 2. The zero-order valence-electron chi connectivity index (χ0n) is 15.6. The number of para-hydroxylation sites is 2. The molecule has 2 unspecified atom stereocenters. The Morgan fingerprint density at radius 1 is 1.12 bits per heavy atom. The van der Waals surface area contributed by atoms with Crippen molar-refractivity contribution in [2.75, 3.05) is 16.3 Å². The lowest BCUT2D eigenvalue weighted by molar-refractivity contribution is -0.117. The van der Waals surface area contributed by atoms with Crippen molar-refractivity contribution < 1.29 is 4.79 Å². The van der Waals surface area contributed by atoms with Crippen LogP contribution >= 0.6 is 0 Å². The van der Waals surface area contributed by atoms with E-state index in [-0.39, 0.29) is 11.9 Å². The molecule has 3 nitrogen and oxygen atoms in total. The van der Waals surface area contributed by atoms with Gasteiger partial charge in [-0.3, -0.25) is 4.79 Å². The van der Waals surface area contributed by atoms with Crippen molar-refractivity contribution in [2.24, 2.45) is 5.92 Å². The molecule has 2 aromatic carbocycles. The maximum absolute atomic E-state index is 12.5. The SMILES string of the molecule is CC(=O)N(c1ccccc1)C1CC(C)N(CC(C)C)c2ccccc21. The van der Waals surface area contributed by atoms with Gasteiger partial charge in [0, 0.05) is 30.9 Å². The van der Waals surface area contributed by atoms with Crippen LogP contribution < -0.4 is 9.80 Å². The van der Waals surface area contributed by atoms with Gasteiger partial charge in [-0.05, 0) is 43.0 Å². The van der Waals surface area contributed by atoms with E-state index in [0.717, 1.165) is 18.7 Å². The molecule has 0 spiro atoms. The van der Waals surface area contributed by atoms with Gasteiger partial charge < -0.3 is 9.80 Å². The van der Waals surface area contributed by atoms with Crippen LogP contribution in [0.4, 0.5) is 11.4 Å². The normalized spacial score (nSPS) is 19.6. The second-order valence-corrected chi connectivity index (χ2v) is 7.43. The number of carbonyl (C=O) groups is 1. The van der Waals surface area contributed by atoms with Crippen LogP contribution in [-0.4, -0.2) is 18.5 Å². The minimum atomic E-state index is 0.0783. The molecule has 0 saturated heterocycles. The molecule has 0 bridgehead atoms. The first-order valence-electron chi connectivity index (χ1n) is 9.19. The second-order valence-electron chi connectivity index (χ2n) is 7.43. The maximum Gasteiger partial charge on any atom is 0.224 e. The van der Waals surface area contributed by atoms with Crippen LogP contribution in [0.5, 0.6) is 0 Å². The van der Waals surface area contributed by atoms with Gasteiger partial charge >= 0.3 is 0 Å². The van der Waals surface area contributed by atoms with Crippen molar-refractivity contribution in [1.82, 2.24) is 0 Å². The fraction of sp³-hybridized carbons (Fsp3) is 0.409. The van der Waals surface area contributed by atoms with Crippen LogP contribution in [0.15, 0.2) is 54.6 Å². The summed E-state index contributed by atoms with van der Waals surface area (Å²) < 4.78 is 0. The highest BCUT2D eigenvalue weighted by Crippen LogP contribution is 2.42. The molecule has 0 saturated carbocycles. The summed E-state index contributed by atoms with van der Waals surface area (Å²) in [6.07, 6.45) is 0.943. The summed E-state index contributed by atoms with van der Waals surface area (Å²) in [6, 6.07) is 19.1. The van der Waals surface area contributed by atoms with Gasteiger partial charge in [-0.2, -0.15) is 0 Å². The molecule has 132 valence electrons. The van der Waals surface area contributed by atoms with Gasteiger partial charge in [-0.1, -0.05) is 50.2 Å². The zero-order valence-corrected chi connectivity index (χ0v) is 15.6. The minimum Gasteiger partial charge on any atom is -0.368 e. The lowest BCUT2D eigenvalue weighted by atomic mass is 9.89. The quantitative estimate of drug-likeness (QED) is 0.781. The molecule has 2 aromatic rings. The van der Waals surface area contributed by atoms with E-state index in [0.29, 0.717) is 12.0 Å². The van der Waals surface area contributed by atoms with Crippen molar-refractivity contribution in [3.63, 3.8) is 0 Å². The fourth-order valence-corrected chi connectivity index (χ4v) is 3.93. The van der Waals surface area contributed by atoms with E-state index in [9.17, 15) is 4.79 Å². The predicted molar refractivity (Wildman–Crippen MR) is 105 cm³/mol. The van der Waals surface area contributed by atoms with E-state index in [1.54, 1.807) is 6.92 Å². The van der Waals surface area contributed by atoms with E-state index in [4.69, 9.17) is 0 Å². The summed E-state index contributed by atoms with van der Waals surface area (Å²) in [6.45, 7) is 9.49. The highest BCUT2D eigenvalue weighted by molar-refractivity contribution is 5.92. The molecular formula is C22H28N2O. The Hall–Kier alpha value is -2.29. The number of carbonyl (C=O) groups excluding carboxylic acids is 1. The number of nitrogens with zero attached hydrogens (tertiary/aromatic N) is 2. The van der Waals surface area contributed by atoms with Crippen LogP contribution in [0.25, 0.3) is 0 Å². The molecule has 0 radical (unpaired) electrons. The van der Waals surface area contributed by atoms with Crippen LogP contribution in [-0.2, 0) is 4.79 Å². The third-order valence-electron chi connectivity index (χ3n) is 4.95. The summed E-state index contributed by atoms with van der Waals surface area (Å²) in [7, 11) is 0. The average Bonchev–Trinajstić information content (AvgIpc) is 2.59. The van der Waals surface area contributed by atoms with E-state index in [1.807, 2.05) is 35.2 Å². The third kappa shape index (κ3) is 3.55. The Kier molecular flexibility index (Phi) is 5.12. The van der Waals surface area contributed by atoms with Gasteiger partial charge in [0.2, 0.25) is 5.91 Å². The van der Waals surface area contributed by atoms with Gasteiger partial charge in [-0.25, -0.2) is 0 Å². The third-order valence-corrected chi connectivity index (χ3v) is 4.95. The molecule has 0 N–H and O–H groups in total. The number of fused-ring (bicyclic) bond motifs is 1. The molecule has 0 aromatic heterocycles. The molecular weight excluding hydrogens is 308 g/mol. The molecule has 3 heteroatoms. The van der Waals surface area contributed by atoms with Crippen molar-refractivity contribution >= 4 is 17.3 Å². The predicted octanol–water partition coefficient (Wildman–Crippen LogP) is 5.04. The van der Waals surface area contributed by atoms with Crippen molar-refractivity contribution in [2.45, 2.75) is 46.2 Å². The number of benzene rings is 2. The summed E-state index contributed by atoms with van der Waals surface area (Å²) in [5.74, 6) is 0.695. The lowest BCUT2D eigenvalue weighted by Gasteiger charge is -2.45. The highest BCUT2D eigenvalue weighted by atomic mass is 16.2. The Morgan fingerprint density at radius 3 is 2.40 bits per heavy atom. The largest absolute Gasteiger partial charge is 0.368 e.